The lowest BCUT2D eigenvalue weighted by Gasteiger charge is -2.32. The zero-order chi connectivity index (χ0) is 26.4. The Morgan fingerprint density at radius 2 is 1.84 bits per heavy atom. The number of aromatic nitrogens is 2. The van der Waals surface area contributed by atoms with Crippen LogP contribution in [-0.4, -0.2) is 75.6 Å². The molecule has 0 radical (unpaired) electrons. The summed E-state index contributed by atoms with van der Waals surface area (Å²) in [7, 11) is 0. The predicted octanol–water partition coefficient (Wildman–Crippen LogP) is 3.19. The predicted molar refractivity (Wildman–Crippen MR) is 138 cm³/mol. The van der Waals surface area contributed by atoms with E-state index in [0.717, 1.165) is 22.7 Å². The number of amides is 1. The van der Waals surface area contributed by atoms with Gasteiger partial charge in [-0.15, -0.1) is 0 Å². The SMILES string of the molecule is CC(=O)N1CCN(Cc2cccc(OCCn3nc(C)cc3C)c2)C[C@](O)(COc2ccc(F)cc2)C1. The lowest BCUT2D eigenvalue weighted by atomic mass is 10.0. The highest BCUT2D eigenvalue weighted by atomic mass is 19.1. The largest absolute Gasteiger partial charge is 0.492 e. The molecule has 4 rings (SSSR count). The van der Waals surface area contributed by atoms with Crippen LogP contribution in [0, 0.1) is 19.7 Å². The maximum Gasteiger partial charge on any atom is 0.219 e. The number of benzene rings is 2. The smallest absolute Gasteiger partial charge is 0.219 e. The van der Waals surface area contributed by atoms with E-state index in [1.165, 1.54) is 31.2 Å². The number of halogens is 1. The highest BCUT2D eigenvalue weighted by Crippen LogP contribution is 2.21. The topological polar surface area (TPSA) is 80.1 Å². The van der Waals surface area contributed by atoms with Gasteiger partial charge in [-0.1, -0.05) is 12.1 Å². The number of aliphatic hydroxyl groups is 1. The molecule has 1 aliphatic rings. The van der Waals surface area contributed by atoms with E-state index < -0.39 is 5.60 Å². The van der Waals surface area contributed by atoms with Crippen LogP contribution in [0.3, 0.4) is 0 Å². The summed E-state index contributed by atoms with van der Waals surface area (Å²) in [6, 6.07) is 15.6. The van der Waals surface area contributed by atoms with E-state index in [2.05, 4.69) is 10.00 Å². The second-order valence-corrected chi connectivity index (χ2v) is 9.76. The average molecular weight is 511 g/mol. The van der Waals surface area contributed by atoms with Crippen molar-refractivity contribution in [3.8, 4) is 11.5 Å². The summed E-state index contributed by atoms with van der Waals surface area (Å²) < 4.78 is 26.9. The van der Waals surface area contributed by atoms with E-state index in [-0.39, 0.29) is 24.9 Å². The van der Waals surface area contributed by atoms with E-state index in [4.69, 9.17) is 9.47 Å². The van der Waals surface area contributed by atoms with Crippen molar-refractivity contribution in [2.24, 2.45) is 0 Å². The van der Waals surface area contributed by atoms with Gasteiger partial charge >= 0.3 is 0 Å². The first-order valence-corrected chi connectivity index (χ1v) is 12.5. The molecule has 0 saturated carbocycles. The lowest BCUT2D eigenvalue weighted by molar-refractivity contribution is -0.132. The number of hydrogen-bond acceptors (Lipinski definition) is 6. The van der Waals surface area contributed by atoms with Crippen LogP contribution < -0.4 is 9.47 Å². The van der Waals surface area contributed by atoms with Crippen molar-refractivity contribution in [3.63, 3.8) is 0 Å². The highest BCUT2D eigenvalue weighted by Gasteiger charge is 2.37. The number of carbonyl (C=O) groups is 1. The number of carbonyl (C=O) groups excluding carboxylic acids is 1. The molecule has 2 heterocycles. The van der Waals surface area contributed by atoms with Gasteiger partial charge in [0.25, 0.3) is 0 Å². The van der Waals surface area contributed by atoms with Gasteiger partial charge in [0, 0.05) is 38.8 Å². The monoisotopic (exact) mass is 510 g/mol. The Hall–Kier alpha value is -3.43. The fourth-order valence-corrected chi connectivity index (χ4v) is 4.63. The first-order valence-electron chi connectivity index (χ1n) is 12.5. The van der Waals surface area contributed by atoms with E-state index >= 15 is 0 Å². The Kier molecular flexibility index (Phi) is 8.45. The van der Waals surface area contributed by atoms with Gasteiger partial charge in [-0.3, -0.25) is 14.4 Å². The molecule has 3 aromatic rings. The standard InChI is InChI=1S/C28H35FN4O4/c1-21-15-22(2)33(30-21)13-14-36-27-6-4-5-24(16-27)17-31-11-12-32(23(3)34)19-28(35,18-31)20-37-26-9-7-25(29)8-10-26/h4-10,15-16,35H,11-14,17-20H2,1-3H3/t28-/m1/s1. The molecular weight excluding hydrogens is 475 g/mol. The van der Waals surface area contributed by atoms with Crippen molar-refractivity contribution < 1.29 is 23.8 Å². The van der Waals surface area contributed by atoms with Crippen LogP contribution in [0.15, 0.2) is 54.6 Å². The minimum atomic E-state index is -1.29. The number of ether oxygens (including phenoxy) is 2. The van der Waals surface area contributed by atoms with Crippen molar-refractivity contribution in [3.05, 3.63) is 77.4 Å². The molecule has 0 spiro atoms. The van der Waals surface area contributed by atoms with Crippen molar-refractivity contribution >= 4 is 5.91 Å². The number of rotatable bonds is 9. The molecule has 198 valence electrons. The second kappa shape index (κ2) is 11.7. The molecule has 37 heavy (non-hydrogen) atoms. The Morgan fingerprint density at radius 1 is 1.05 bits per heavy atom. The molecule has 8 nitrogen and oxygen atoms in total. The number of β-amino-alcohol motifs (C(OH)–C–C–N with tert-alkyl or cyclic N) is 1. The van der Waals surface area contributed by atoms with Crippen LogP contribution in [0.1, 0.15) is 23.9 Å². The second-order valence-electron chi connectivity index (χ2n) is 9.76. The van der Waals surface area contributed by atoms with E-state index in [9.17, 15) is 14.3 Å². The zero-order valence-electron chi connectivity index (χ0n) is 21.7. The molecule has 1 aromatic heterocycles. The van der Waals surface area contributed by atoms with Crippen LogP contribution in [0.25, 0.3) is 0 Å². The molecule has 1 atom stereocenters. The van der Waals surface area contributed by atoms with Gasteiger partial charge < -0.3 is 19.5 Å². The van der Waals surface area contributed by atoms with Gasteiger partial charge in [0.15, 0.2) is 0 Å². The third-order valence-electron chi connectivity index (χ3n) is 6.44. The van der Waals surface area contributed by atoms with E-state index in [1.54, 1.807) is 4.90 Å². The highest BCUT2D eigenvalue weighted by molar-refractivity contribution is 5.73. The number of nitrogens with zero attached hydrogens (tertiary/aromatic N) is 4. The molecule has 1 saturated heterocycles. The van der Waals surface area contributed by atoms with Crippen molar-refractivity contribution in [2.45, 2.75) is 39.5 Å². The lowest BCUT2D eigenvalue weighted by Crippen LogP contribution is -2.51. The maximum absolute atomic E-state index is 13.2. The van der Waals surface area contributed by atoms with E-state index in [1.807, 2.05) is 48.9 Å². The first kappa shape index (κ1) is 26.6. The average Bonchev–Trinajstić information content (AvgIpc) is 3.07. The van der Waals surface area contributed by atoms with Gasteiger partial charge in [0.1, 0.15) is 36.1 Å². The summed E-state index contributed by atoms with van der Waals surface area (Å²) in [6.07, 6.45) is 0. The quantitative estimate of drug-likeness (QED) is 0.476. The summed E-state index contributed by atoms with van der Waals surface area (Å²) in [5, 5.41) is 15.9. The van der Waals surface area contributed by atoms with Gasteiger partial charge in [-0.2, -0.15) is 5.10 Å². The van der Waals surface area contributed by atoms with Crippen LogP contribution in [0.5, 0.6) is 11.5 Å². The molecule has 0 unspecified atom stereocenters. The molecule has 1 fully saturated rings. The molecule has 1 aliphatic heterocycles. The summed E-state index contributed by atoms with van der Waals surface area (Å²) in [5.41, 5.74) is 1.85. The summed E-state index contributed by atoms with van der Waals surface area (Å²) >= 11 is 0. The van der Waals surface area contributed by atoms with Crippen LogP contribution >= 0.6 is 0 Å². The minimum absolute atomic E-state index is 0.0195. The fraction of sp³-hybridized carbons (Fsp3) is 0.429. The summed E-state index contributed by atoms with van der Waals surface area (Å²) in [5.74, 6) is 0.784. The number of hydrogen-bond donors (Lipinski definition) is 1. The normalized spacial score (nSPS) is 18.5. The Bertz CT molecular complexity index is 1200. The fourth-order valence-electron chi connectivity index (χ4n) is 4.63. The molecule has 2 aromatic carbocycles. The van der Waals surface area contributed by atoms with Crippen LogP contribution in [0.2, 0.25) is 0 Å². The van der Waals surface area contributed by atoms with Gasteiger partial charge in [-0.05, 0) is 61.9 Å². The summed E-state index contributed by atoms with van der Waals surface area (Å²) in [4.78, 5) is 15.9. The van der Waals surface area contributed by atoms with Gasteiger partial charge in [0.2, 0.25) is 5.91 Å². The Morgan fingerprint density at radius 3 is 2.54 bits per heavy atom. The van der Waals surface area contributed by atoms with E-state index in [0.29, 0.717) is 45.1 Å². The maximum atomic E-state index is 13.2. The Balaban J connectivity index is 1.39. The molecule has 1 amide bonds. The molecular formula is C28H35FN4O4. The first-order chi connectivity index (χ1) is 17.7. The van der Waals surface area contributed by atoms with Crippen molar-refractivity contribution in [1.82, 2.24) is 19.6 Å². The van der Waals surface area contributed by atoms with Crippen LogP contribution in [-0.2, 0) is 17.9 Å². The third kappa shape index (κ3) is 7.53. The third-order valence-corrected chi connectivity index (χ3v) is 6.44. The Labute approximate surface area is 217 Å². The number of aryl methyl sites for hydroxylation is 2. The molecule has 9 heteroatoms. The zero-order valence-corrected chi connectivity index (χ0v) is 21.7. The van der Waals surface area contributed by atoms with Crippen LogP contribution in [0.4, 0.5) is 4.39 Å². The van der Waals surface area contributed by atoms with Crippen molar-refractivity contribution in [1.29, 1.82) is 0 Å². The minimum Gasteiger partial charge on any atom is -0.492 e. The van der Waals surface area contributed by atoms with Gasteiger partial charge in [-0.25, -0.2) is 4.39 Å². The summed E-state index contributed by atoms with van der Waals surface area (Å²) in [6.45, 7) is 8.84. The van der Waals surface area contributed by atoms with Crippen molar-refractivity contribution in [2.75, 3.05) is 39.4 Å². The van der Waals surface area contributed by atoms with Gasteiger partial charge in [0.05, 0.1) is 18.8 Å². The molecule has 0 aliphatic carbocycles. The molecule has 1 N–H and O–H groups in total. The molecule has 0 bridgehead atoms.